The molecule has 19 heavy (non-hydrogen) atoms. The molecule has 0 saturated carbocycles. The molecular formula is C12H16F2N4O. The average Bonchev–Trinajstić information content (AvgIpc) is 2.38. The van der Waals surface area contributed by atoms with Gasteiger partial charge in [-0.15, -0.1) is 0 Å². The van der Waals surface area contributed by atoms with Crippen molar-refractivity contribution in [3.05, 3.63) is 17.7 Å². The topological polar surface area (TPSA) is 66.0 Å². The Morgan fingerprint density at radius 1 is 1.42 bits per heavy atom. The quantitative estimate of drug-likeness (QED) is 0.775. The number of aromatic nitrogens is 1. The fourth-order valence-corrected chi connectivity index (χ4v) is 1.91. The number of amides is 1. The van der Waals surface area contributed by atoms with E-state index in [0.29, 0.717) is 25.9 Å². The number of anilines is 2. The second-order valence-electron chi connectivity index (χ2n) is 4.36. The van der Waals surface area contributed by atoms with Crippen LogP contribution in [0.2, 0.25) is 0 Å². The van der Waals surface area contributed by atoms with Gasteiger partial charge in [-0.1, -0.05) is 0 Å². The number of hydrogen-bond acceptors (Lipinski definition) is 4. The van der Waals surface area contributed by atoms with Gasteiger partial charge in [-0.3, -0.25) is 4.79 Å². The smallest absolute Gasteiger partial charge is 0.220 e. The Morgan fingerprint density at radius 2 is 2.16 bits per heavy atom. The molecule has 0 aliphatic carbocycles. The molecule has 0 radical (unpaired) electrons. The van der Waals surface area contributed by atoms with Crippen molar-refractivity contribution in [3.63, 3.8) is 0 Å². The minimum absolute atomic E-state index is 0.00139. The highest BCUT2D eigenvalue weighted by Gasteiger charge is 2.20. The molecule has 1 aliphatic rings. The van der Waals surface area contributed by atoms with Gasteiger partial charge in [0.2, 0.25) is 5.91 Å². The third kappa shape index (κ3) is 3.30. The van der Waals surface area contributed by atoms with E-state index in [4.69, 9.17) is 0 Å². The van der Waals surface area contributed by atoms with Gasteiger partial charge in [0.15, 0.2) is 23.3 Å². The molecule has 104 valence electrons. The minimum atomic E-state index is -0.740. The molecule has 1 aromatic rings. The maximum absolute atomic E-state index is 13.6. The van der Waals surface area contributed by atoms with E-state index in [9.17, 15) is 13.6 Å². The molecule has 0 aromatic carbocycles. The summed E-state index contributed by atoms with van der Waals surface area (Å²) in [7, 11) is 0. The van der Waals surface area contributed by atoms with Crippen molar-refractivity contribution in [2.24, 2.45) is 0 Å². The summed E-state index contributed by atoms with van der Waals surface area (Å²) in [4.78, 5) is 14.9. The summed E-state index contributed by atoms with van der Waals surface area (Å²) in [6.07, 6.45) is 0.988. The maximum Gasteiger partial charge on any atom is 0.220 e. The van der Waals surface area contributed by atoms with E-state index in [1.54, 1.807) is 6.92 Å². The zero-order chi connectivity index (χ0) is 13.8. The van der Waals surface area contributed by atoms with Crippen molar-refractivity contribution in [2.45, 2.75) is 25.8 Å². The first-order chi connectivity index (χ1) is 9.10. The number of nitrogens with zero attached hydrogens (tertiary/aromatic N) is 1. The van der Waals surface area contributed by atoms with Gasteiger partial charge in [-0.25, -0.2) is 13.8 Å². The van der Waals surface area contributed by atoms with E-state index in [2.05, 4.69) is 20.9 Å². The molecule has 1 atom stereocenters. The van der Waals surface area contributed by atoms with Gasteiger partial charge in [0, 0.05) is 31.6 Å². The third-order valence-corrected chi connectivity index (χ3v) is 2.88. The van der Waals surface area contributed by atoms with Crippen LogP contribution in [-0.2, 0) is 4.79 Å². The van der Waals surface area contributed by atoms with Gasteiger partial charge in [-0.2, -0.15) is 0 Å². The highest BCUT2D eigenvalue weighted by Crippen LogP contribution is 2.20. The molecule has 1 fully saturated rings. The van der Waals surface area contributed by atoms with E-state index in [1.165, 1.54) is 0 Å². The van der Waals surface area contributed by atoms with Gasteiger partial charge >= 0.3 is 0 Å². The van der Waals surface area contributed by atoms with Crippen molar-refractivity contribution >= 4 is 17.5 Å². The molecule has 1 aliphatic heterocycles. The predicted molar refractivity (Wildman–Crippen MR) is 68.0 cm³/mol. The number of nitrogens with one attached hydrogen (secondary N) is 3. The fourth-order valence-electron chi connectivity index (χ4n) is 1.91. The van der Waals surface area contributed by atoms with Crippen molar-refractivity contribution in [2.75, 3.05) is 23.7 Å². The molecule has 3 N–H and O–H groups in total. The fraction of sp³-hybridized carbons (Fsp3) is 0.500. The van der Waals surface area contributed by atoms with Crippen molar-refractivity contribution in [3.8, 4) is 0 Å². The Morgan fingerprint density at radius 3 is 2.79 bits per heavy atom. The lowest BCUT2D eigenvalue weighted by Crippen LogP contribution is -2.42. The summed E-state index contributed by atoms with van der Waals surface area (Å²) < 4.78 is 27.0. The van der Waals surface area contributed by atoms with Crippen LogP contribution in [0.1, 0.15) is 19.8 Å². The first-order valence-electron chi connectivity index (χ1n) is 6.23. The molecule has 1 saturated heterocycles. The van der Waals surface area contributed by atoms with E-state index in [1.807, 2.05) is 0 Å². The summed E-state index contributed by atoms with van der Waals surface area (Å²) in [5.41, 5.74) is 0. The van der Waals surface area contributed by atoms with E-state index in [-0.39, 0.29) is 23.6 Å². The lowest BCUT2D eigenvalue weighted by atomic mass is 10.1. The summed E-state index contributed by atoms with van der Waals surface area (Å²) in [6, 6.07) is 0.703. The number of pyridine rings is 1. The lowest BCUT2D eigenvalue weighted by molar-refractivity contribution is -0.122. The number of halogens is 2. The van der Waals surface area contributed by atoms with Crippen LogP contribution >= 0.6 is 0 Å². The zero-order valence-corrected chi connectivity index (χ0v) is 10.6. The van der Waals surface area contributed by atoms with Crippen molar-refractivity contribution < 1.29 is 13.6 Å². The van der Waals surface area contributed by atoms with Crippen LogP contribution in [0.5, 0.6) is 0 Å². The molecule has 2 heterocycles. The van der Waals surface area contributed by atoms with Crippen LogP contribution in [0.25, 0.3) is 0 Å². The number of hydrogen-bond donors (Lipinski definition) is 3. The van der Waals surface area contributed by atoms with Gasteiger partial charge in [0.25, 0.3) is 0 Å². The summed E-state index contributed by atoms with van der Waals surface area (Å²) in [5, 5.41) is 8.30. The summed E-state index contributed by atoms with van der Waals surface area (Å²) in [6.45, 7) is 2.70. The van der Waals surface area contributed by atoms with Crippen LogP contribution < -0.4 is 16.0 Å². The second-order valence-corrected chi connectivity index (χ2v) is 4.36. The standard InChI is InChI=1S/C12H16F2N4O/c1-2-15-11-8(13)5-9(14)12(18-11)17-7-3-4-10(19)16-6-7/h5,7H,2-4,6H2,1H3,(H,16,19)(H2,15,17,18). The van der Waals surface area contributed by atoms with Crippen molar-refractivity contribution in [1.82, 2.24) is 10.3 Å². The highest BCUT2D eigenvalue weighted by atomic mass is 19.1. The largest absolute Gasteiger partial charge is 0.368 e. The Hall–Kier alpha value is -1.92. The average molecular weight is 270 g/mol. The lowest BCUT2D eigenvalue weighted by Gasteiger charge is -2.24. The molecule has 0 bridgehead atoms. The predicted octanol–water partition coefficient (Wildman–Crippen LogP) is 1.48. The van der Waals surface area contributed by atoms with Crippen molar-refractivity contribution in [1.29, 1.82) is 0 Å². The Balaban J connectivity index is 2.10. The van der Waals surface area contributed by atoms with Gasteiger partial charge in [0.1, 0.15) is 0 Å². The minimum Gasteiger partial charge on any atom is -0.368 e. The Kier molecular flexibility index (Phi) is 4.13. The number of carbonyl (C=O) groups excluding carboxylic acids is 1. The van der Waals surface area contributed by atoms with Gasteiger partial charge in [0.05, 0.1) is 0 Å². The molecule has 1 aromatic heterocycles. The van der Waals surface area contributed by atoms with Gasteiger partial charge < -0.3 is 16.0 Å². The molecule has 1 unspecified atom stereocenters. The zero-order valence-electron chi connectivity index (χ0n) is 10.6. The molecule has 1 amide bonds. The van der Waals surface area contributed by atoms with Crippen LogP contribution in [0.15, 0.2) is 6.07 Å². The van der Waals surface area contributed by atoms with E-state index < -0.39 is 11.6 Å². The van der Waals surface area contributed by atoms with E-state index >= 15 is 0 Å². The molecule has 2 rings (SSSR count). The molecule has 0 spiro atoms. The normalized spacial score (nSPS) is 18.9. The highest BCUT2D eigenvalue weighted by molar-refractivity contribution is 5.77. The summed E-state index contributed by atoms with van der Waals surface area (Å²) >= 11 is 0. The number of piperidine rings is 1. The molecular weight excluding hydrogens is 254 g/mol. The van der Waals surface area contributed by atoms with Crippen LogP contribution in [0, 0.1) is 11.6 Å². The first-order valence-corrected chi connectivity index (χ1v) is 6.23. The third-order valence-electron chi connectivity index (χ3n) is 2.88. The second kappa shape index (κ2) is 5.81. The monoisotopic (exact) mass is 270 g/mol. The number of carbonyl (C=O) groups is 1. The van der Waals surface area contributed by atoms with Gasteiger partial charge in [-0.05, 0) is 13.3 Å². The Bertz CT molecular complexity index is 471. The maximum atomic E-state index is 13.6. The Labute approximate surface area is 109 Å². The first kappa shape index (κ1) is 13.5. The van der Waals surface area contributed by atoms with Crippen LogP contribution in [-0.4, -0.2) is 30.0 Å². The number of rotatable bonds is 4. The molecule has 5 nitrogen and oxygen atoms in total. The SMILES string of the molecule is CCNc1nc(NC2CCC(=O)NC2)c(F)cc1F. The molecule has 7 heteroatoms. The van der Waals surface area contributed by atoms with E-state index in [0.717, 1.165) is 6.07 Å². The van der Waals surface area contributed by atoms with Crippen LogP contribution in [0.3, 0.4) is 0 Å². The van der Waals surface area contributed by atoms with Crippen LogP contribution in [0.4, 0.5) is 20.4 Å². The summed E-state index contributed by atoms with van der Waals surface area (Å²) in [5.74, 6) is -1.46.